The van der Waals surface area contributed by atoms with Gasteiger partial charge in [-0.2, -0.15) is 0 Å². The number of hydrogen-bond donors (Lipinski definition) is 0. The van der Waals surface area contributed by atoms with Crippen LogP contribution in [-0.2, 0) is 0 Å². The molecule has 0 atom stereocenters. The summed E-state index contributed by atoms with van der Waals surface area (Å²) < 4.78 is 13.0. The van der Waals surface area contributed by atoms with Crippen molar-refractivity contribution < 1.29 is 4.39 Å². The fourth-order valence-electron chi connectivity index (χ4n) is 1.31. The van der Waals surface area contributed by atoms with Crippen LogP contribution in [0.15, 0.2) is 30.6 Å². The van der Waals surface area contributed by atoms with Crippen LogP contribution < -0.4 is 0 Å². The zero-order valence-electron chi connectivity index (χ0n) is 8.04. The SMILES string of the molecule is Cc1cc(-c2nccnc2Cl)ccc1F. The number of hydrogen-bond acceptors (Lipinski definition) is 2. The van der Waals surface area contributed by atoms with Gasteiger partial charge in [-0.25, -0.2) is 9.37 Å². The van der Waals surface area contributed by atoms with Crippen LogP contribution in [0, 0.1) is 12.7 Å². The van der Waals surface area contributed by atoms with E-state index in [1.807, 2.05) is 0 Å². The molecule has 0 saturated carbocycles. The van der Waals surface area contributed by atoms with E-state index in [9.17, 15) is 4.39 Å². The molecule has 2 rings (SSSR count). The Morgan fingerprint density at radius 3 is 2.60 bits per heavy atom. The smallest absolute Gasteiger partial charge is 0.155 e. The zero-order valence-corrected chi connectivity index (χ0v) is 8.79. The van der Waals surface area contributed by atoms with E-state index in [1.165, 1.54) is 12.3 Å². The zero-order chi connectivity index (χ0) is 10.8. The first kappa shape index (κ1) is 10.1. The molecule has 4 heteroatoms. The summed E-state index contributed by atoms with van der Waals surface area (Å²) in [5.41, 5.74) is 1.91. The molecule has 1 aromatic heterocycles. The van der Waals surface area contributed by atoms with Crippen LogP contribution in [0.4, 0.5) is 4.39 Å². The molecule has 15 heavy (non-hydrogen) atoms. The molecule has 0 N–H and O–H groups in total. The van der Waals surface area contributed by atoms with Crippen molar-refractivity contribution >= 4 is 11.6 Å². The van der Waals surface area contributed by atoms with Gasteiger partial charge in [0.15, 0.2) is 5.15 Å². The lowest BCUT2D eigenvalue weighted by molar-refractivity contribution is 0.619. The van der Waals surface area contributed by atoms with Crippen molar-refractivity contribution in [2.24, 2.45) is 0 Å². The quantitative estimate of drug-likeness (QED) is 0.740. The molecule has 0 spiro atoms. The maximum absolute atomic E-state index is 13.0. The van der Waals surface area contributed by atoms with Crippen molar-refractivity contribution in [2.45, 2.75) is 6.92 Å². The third-order valence-corrected chi connectivity index (χ3v) is 2.36. The van der Waals surface area contributed by atoms with Crippen molar-refractivity contribution in [1.29, 1.82) is 0 Å². The van der Waals surface area contributed by atoms with Crippen LogP contribution in [0.3, 0.4) is 0 Å². The summed E-state index contributed by atoms with van der Waals surface area (Å²) in [6, 6.07) is 4.74. The largest absolute Gasteiger partial charge is 0.251 e. The number of halogens is 2. The molecule has 0 aliphatic heterocycles. The minimum atomic E-state index is -0.237. The molecule has 2 aromatic rings. The lowest BCUT2D eigenvalue weighted by Gasteiger charge is -2.03. The van der Waals surface area contributed by atoms with Crippen LogP contribution in [0.25, 0.3) is 11.3 Å². The molecule has 0 amide bonds. The van der Waals surface area contributed by atoms with Gasteiger partial charge in [-0.05, 0) is 30.7 Å². The van der Waals surface area contributed by atoms with Crippen molar-refractivity contribution in [3.63, 3.8) is 0 Å². The maximum Gasteiger partial charge on any atom is 0.155 e. The highest BCUT2D eigenvalue weighted by Gasteiger charge is 2.07. The second kappa shape index (κ2) is 3.95. The highest BCUT2D eigenvalue weighted by atomic mass is 35.5. The Kier molecular flexibility index (Phi) is 2.64. The molecular formula is C11H8ClFN2. The molecular weight excluding hydrogens is 215 g/mol. The summed E-state index contributed by atoms with van der Waals surface area (Å²) in [5.74, 6) is -0.237. The molecule has 0 aliphatic rings. The van der Waals surface area contributed by atoms with Crippen LogP contribution in [-0.4, -0.2) is 9.97 Å². The number of aromatic nitrogens is 2. The van der Waals surface area contributed by atoms with E-state index < -0.39 is 0 Å². The number of nitrogens with zero attached hydrogens (tertiary/aromatic N) is 2. The first-order valence-electron chi connectivity index (χ1n) is 4.41. The van der Waals surface area contributed by atoms with Gasteiger partial charge in [0, 0.05) is 18.0 Å². The number of benzene rings is 1. The Labute approximate surface area is 91.8 Å². The molecule has 2 nitrogen and oxygen atoms in total. The maximum atomic E-state index is 13.0. The number of rotatable bonds is 1. The molecule has 1 heterocycles. The summed E-state index contributed by atoms with van der Waals surface area (Å²) in [6.45, 7) is 1.70. The predicted octanol–water partition coefficient (Wildman–Crippen LogP) is 3.24. The Hall–Kier alpha value is -1.48. The molecule has 1 aromatic carbocycles. The average Bonchev–Trinajstić information content (AvgIpc) is 2.23. The van der Waals surface area contributed by atoms with Crippen LogP contribution in [0.1, 0.15) is 5.56 Å². The topological polar surface area (TPSA) is 25.8 Å². The van der Waals surface area contributed by atoms with Gasteiger partial charge in [0.1, 0.15) is 11.5 Å². The number of aryl methyl sites for hydroxylation is 1. The first-order chi connectivity index (χ1) is 7.18. The van der Waals surface area contributed by atoms with Gasteiger partial charge in [-0.3, -0.25) is 4.98 Å². The van der Waals surface area contributed by atoms with Gasteiger partial charge in [0.2, 0.25) is 0 Å². The normalized spacial score (nSPS) is 10.3. The summed E-state index contributed by atoms with van der Waals surface area (Å²) in [7, 11) is 0. The van der Waals surface area contributed by atoms with E-state index in [0.29, 0.717) is 16.4 Å². The third kappa shape index (κ3) is 1.97. The van der Waals surface area contributed by atoms with E-state index in [-0.39, 0.29) is 5.82 Å². The molecule has 0 fully saturated rings. The minimum absolute atomic E-state index is 0.237. The highest BCUT2D eigenvalue weighted by Crippen LogP contribution is 2.24. The molecule has 76 valence electrons. The van der Waals surface area contributed by atoms with E-state index in [2.05, 4.69) is 9.97 Å². The molecule has 0 radical (unpaired) electrons. The van der Waals surface area contributed by atoms with Crippen LogP contribution in [0.5, 0.6) is 0 Å². The van der Waals surface area contributed by atoms with Crippen molar-refractivity contribution in [3.8, 4) is 11.3 Å². The average molecular weight is 223 g/mol. The monoisotopic (exact) mass is 222 g/mol. The Balaban J connectivity index is 2.55. The second-order valence-electron chi connectivity index (χ2n) is 3.16. The summed E-state index contributed by atoms with van der Waals surface area (Å²) >= 11 is 5.88. The first-order valence-corrected chi connectivity index (χ1v) is 4.79. The Bertz CT molecular complexity index is 500. The third-order valence-electron chi connectivity index (χ3n) is 2.08. The molecule has 0 aliphatic carbocycles. The van der Waals surface area contributed by atoms with Crippen molar-refractivity contribution in [2.75, 3.05) is 0 Å². The van der Waals surface area contributed by atoms with Gasteiger partial charge in [-0.15, -0.1) is 0 Å². The summed E-state index contributed by atoms with van der Waals surface area (Å²) in [5, 5.41) is 0.323. The van der Waals surface area contributed by atoms with Crippen LogP contribution in [0.2, 0.25) is 5.15 Å². The lowest BCUT2D eigenvalue weighted by atomic mass is 10.1. The van der Waals surface area contributed by atoms with Gasteiger partial charge in [0.05, 0.1) is 0 Å². The second-order valence-corrected chi connectivity index (χ2v) is 3.52. The predicted molar refractivity (Wildman–Crippen MR) is 57.2 cm³/mol. The van der Waals surface area contributed by atoms with Gasteiger partial charge in [-0.1, -0.05) is 11.6 Å². The van der Waals surface area contributed by atoms with E-state index in [4.69, 9.17) is 11.6 Å². The van der Waals surface area contributed by atoms with Crippen molar-refractivity contribution in [1.82, 2.24) is 9.97 Å². The molecule has 0 unspecified atom stereocenters. The van der Waals surface area contributed by atoms with Crippen molar-refractivity contribution in [3.05, 3.63) is 47.1 Å². The van der Waals surface area contributed by atoms with E-state index in [0.717, 1.165) is 5.56 Å². The Morgan fingerprint density at radius 1 is 1.20 bits per heavy atom. The van der Waals surface area contributed by atoms with Gasteiger partial charge in [0.25, 0.3) is 0 Å². The van der Waals surface area contributed by atoms with Gasteiger partial charge < -0.3 is 0 Å². The molecule has 0 saturated heterocycles. The minimum Gasteiger partial charge on any atom is -0.251 e. The van der Waals surface area contributed by atoms with Crippen LogP contribution >= 0.6 is 11.6 Å². The Morgan fingerprint density at radius 2 is 1.93 bits per heavy atom. The summed E-state index contributed by atoms with van der Waals surface area (Å²) in [6.07, 6.45) is 3.07. The standard InChI is InChI=1S/C11H8ClFN2/c1-7-6-8(2-3-9(7)13)10-11(12)15-5-4-14-10/h2-6H,1H3. The van der Waals surface area contributed by atoms with E-state index in [1.54, 1.807) is 25.3 Å². The fourth-order valence-corrected chi connectivity index (χ4v) is 1.52. The molecule has 0 bridgehead atoms. The van der Waals surface area contributed by atoms with Gasteiger partial charge >= 0.3 is 0 Å². The van der Waals surface area contributed by atoms with E-state index >= 15 is 0 Å². The lowest BCUT2D eigenvalue weighted by Crippen LogP contribution is -1.89. The fraction of sp³-hybridized carbons (Fsp3) is 0.0909. The highest BCUT2D eigenvalue weighted by molar-refractivity contribution is 6.31. The summed E-state index contributed by atoms with van der Waals surface area (Å²) in [4.78, 5) is 8.02.